The Morgan fingerprint density at radius 1 is 1.21 bits per heavy atom. The number of carbonyl (C=O) groups is 1. The smallest absolute Gasteiger partial charge is 0.260 e. The van der Waals surface area contributed by atoms with Crippen molar-refractivity contribution in [3.63, 3.8) is 0 Å². The topological polar surface area (TPSA) is 38.8 Å². The van der Waals surface area contributed by atoms with Gasteiger partial charge in [0.25, 0.3) is 5.91 Å². The minimum absolute atomic E-state index is 0.0618. The second kappa shape index (κ2) is 8.41. The van der Waals surface area contributed by atoms with E-state index in [1.165, 1.54) is 0 Å². The summed E-state index contributed by atoms with van der Waals surface area (Å²) in [4.78, 5) is 14.4. The molecule has 4 heteroatoms. The van der Waals surface area contributed by atoms with E-state index in [9.17, 15) is 4.79 Å². The summed E-state index contributed by atoms with van der Waals surface area (Å²) in [7, 11) is 0. The third kappa shape index (κ3) is 4.89. The first-order valence-electron chi connectivity index (χ1n) is 9.18. The Bertz CT molecular complexity index is 546. The van der Waals surface area contributed by atoms with E-state index in [0.717, 1.165) is 56.5 Å². The molecule has 0 saturated carbocycles. The molecular formula is C20H31NO3. The molecule has 0 N–H and O–H groups in total. The predicted octanol–water partition coefficient (Wildman–Crippen LogP) is 4.21. The van der Waals surface area contributed by atoms with Crippen LogP contribution in [0.4, 0.5) is 0 Å². The number of benzene rings is 1. The Labute approximate surface area is 146 Å². The van der Waals surface area contributed by atoms with E-state index in [-0.39, 0.29) is 18.1 Å². The van der Waals surface area contributed by atoms with Crippen LogP contribution in [0.15, 0.2) is 18.2 Å². The van der Waals surface area contributed by atoms with Crippen LogP contribution in [0.25, 0.3) is 0 Å². The first-order chi connectivity index (χ1) is 11.5. The lowest BCUT2D eigenvalue weighted by atomic mass is 10.0. The summed E-state index contributed by atoms with van der Waals surface area (Å²) in [6.07, 6.45) is 5.12. The van der Waals surface area contributed by atoms with Gasteiger partial charge in [0.15, 0.2) is 18.1 Å². The van der Waals surface area contributed by atoms with Gasteiger partial charge in [0, 0.05) is 25.1 Å². The van der Waals surface area contributed by atoms with Crippen LogP contribution in [0.3, 0.4) is 0 Å². The lowest BCUT2D eigenvalue weighted by Gasteiger charge is -2.23. The monoisotopic (exact) mass is 333 g/mol. The molecule has 0 aromatic heterocycles. The zero-order valence-corrected chi connectivity index (χ0v) is 15.6. The molecule has 2 rings (SSSR count). The van der Waals surface area contributed by atoms with Crippen molar-refractivity contribution in [2.75, 3.05) is 19.7 Å². The van der Waals surface area contributed by atoms with Crippen molar-refractivity contribution in [2.45, 2.75) is 65.4 Å². The molecule has 1 aliphatic heterocycles. The molecule has 1 aromatic rings. The number of rotatable bonds is 9. The molecule has 134 valence electrons. The van der Waals surface area contributed by atoms with Crippen LogP contribution in [-0.2, 0) is 11.2 Å². The third-order valence-corrected chi connectivity index (χ3v) is 4.32. The van der Waals surface area contributed by atoms with Crippen LogP contribution in [0.2, 0.25) is 0 Å². The number of amides is 1. The molecule has 1 aromatic carbocycles. The van der Waals surface area contributed by atoms with Crippen LogP contribution >= 0.6 is 0 Å². The summed E-state index contributed by atoms with van der Waals surface area (Å²) in [5.41, 5.74) is 0.943. The van der Waals surface area contributed by atoms with Crippen molar-refractivity contribution < 1.29 is 14.3 Å². The van der Waals surface area contributed by atoms with Gasteiger partial charge in [-0.25, -0.2) is 0 Å². The number of fused-ring (bicyclic) bond motifs is 1. The predicted molar refractivity (Wildman–Crippen MR) is 96.7 cm³/mol. The second-order valence-electron chi connectivity index (χ2n) is 7.16. The maximum atomic E-state index is 12.5. The highest BCUT2D eigenvalue weighted by Gasteiger charge is 2.32. The summed E-state index contributed by atoms with van der Waals surface area (Å²) in [6.45, 7) is 10.1. The van der Waals surface area contributed by atoms with E-state index in [2.05, 4.69) is 33.8 Å². The summed E-state index contributed by atoms with van der Waals surface area (Å²) in [5, 5.41) is 0. The third-order valence-electron chi connectivity index (χ3n) is 4.32. The number of hydrogen-bond acceptors (Lipinski definition) is 3. The Hall–Kier alpha value is -1.71. The fourth-order valence-electron chi connectivity index (χ4n) is 2.99. The van der Waals surface area contributed by atoms with Gasteiger partial charge in [-0.15, -0.1) is 0 Å². The van der Waals surface area contributed by atoms with E-state index in [4.69, 9.17) is 9.47 Å². The first-order valence-corrected chi connectivity index (χ1v) is 9.18. The van der Waals surface area contributed by atoms with Crippen LogP contribution < -0.4 is 9.47 Å². The van der Waals surface area contributed by atoms with Crippen molar-refractivity contribution in [3.05, 3.63) is 23.8 Å². The van der Waals surface area contributed by atoms with E-state index in [1.807, 2.05) is 17.0 Å². The quantitative estimate of drug-likeness (QED) is 0.679. The number of ether oxygens (including phenoxy) is 2. The standard InChI is InChI=1S/C20H31NO3/c1-5-7-12-21(13-8-6-2)18(22)15-23-17-11-9-10-16-14-20(3,4)24-19(16)17/h9-11H,5-8,12-15H2,1-4H3. The molecule has 0 bridgehead atoms. The van der Waals surface area contributed by atoms with E-state index in [1.54, 1.807) is 0 Å². The molecule has 1 amide bonds. The van der Waals surface area contributed by atoms with Gasteiger partial charge in [-0.2, -0.15) is 0 Å². The molecule has 0 atom stereocenters. The Morgan fingerprint density at radius 2 is 1.88 bits per heavy atom. The average molecular weight is 333 g/mol. The van der Waals surface area contributed by atoms with Gasteiger partial charge in [0.2, 0.25) is 0 Å². The minimum Gasteiger partial charge on any atom is -0.483 e. The van der Waals surface area contributed by atoms with E-state index < -0.39 is 0 Å². The van der Waals surface area contributed by atoms with Crippen molar-refractivity contribution >= 4 is 5.91 Å². The molecule has 0 aliphatic carbocycles. The van der Waals surface area contributed by atoms with Gasteiger partial charge >= 0.3 is 0 Å². The van der Waals surface area contributed by atoms with Gasteiger partial charge in [-0.05, 0) is 32.8 Å². The van der Waals surface area contributed by atoms with Crippen LogP contribution in [0, 0.1) is 0 Å². The van der Waals surface area contributed by atoms with Crippen molar-refractivity contribution in [1.29, 1.82) is 0 Å². The van der Waals surface area contributed by atoms with Crippen LogP contribution in [-0.4, -0.2) is 36.1 Å². The summed E-state index contributed by atoms with van der Waals surface area (Å²) >= 11 is 0. The average Bonchev–Trinajstić information content (AvgIpc) is 2.87. The number of unbranched alkanes of at least 4 members (excludes halogenated alkanes) is 2. The van der Waals surface area contributed by atoms with Crippen LogP contribution in [0.5, 0.6) is 11.5 Å². The van der Waals surface area contributed by atoms with Gasteiger partial charge in [0.05, 0.1) is 0 Å². The van der Waals surface area contributed by atoms with Crippen LogP contribution in [0.1, 0.15) is 58.9 Å². The van der Waals surface area contributed by atoms with Gasteiger partial charge in [-0.1, -0.05) is 38.8 Å². The normalized spacial score (nSPS) is 14.8. The minimum atomic E-state index is -0.208. The molecular weight excluding hydrogens is 302 g/mol. The maximum absolute atomic E-state index is 12.5. The molecule has 1 heterocycles. The molecule has 4 nitrogen and oxygen atoms in total. The van der Waals surface area contributed by atoms with Gasteiger partial charge < -0.3 is 14.4 Å². The largest absolute Gasteiger partial charge is 0.483 e. The Balaban J connectivity index is 1.97. The SMILES string of the molecule is CCCCN(CCCC)C(=O)COc1cccc2c1OC(C)(C)C2. The van der Waals surface area contributed by atoms with E-state index >= 15 is 0 Å². The highest BCUT2D eigenvalue weighted by molar-refractivity contribution is 5.77. The molecule has 0 fully saturated rings. The maximum Gasteiger partial charge on any atom is 0.260 e. The second-order valence-corrected chi connectivity index (χ2v) is 7.16. The van der Waals surface area contributed by atoms with Crippen molar-refractivity contribution in [1.82, 2.24) is 4.90 Å². The lowest BCUT2D eigenvalue weighted by molar-refractivity contribution is -0.133. The molecule has 0 spiro atoms. The fourth-order valence-corrected chi connectivity index (χ4v) is 2.99. The highest BCUT2D eigenvalue weighted by atomic mass is 16.5. The van der Waals surface area contributed by atoms with Gasteiger partial charge in [0.1, 0.15) is 5.60 Å². The molecule has 0 radical (unpaired) electrons. The fraction of sp³-hybridized carbons (Fsp3) is 0.650. The highest BCUT2D eigenvalue weighted by Crippen LogP contribution is 2.41. The Morgan fingerprint density at radius 3 is 2.50 bits per heavy atom. The first kappa shape index (κ1) is 18.6. The number of nitrogens with zero attached hydrogens (tertiary/aromatic N) is 1. The van der Waals surface area contributed by atoms with Crippen molar-refractivity contribution in [2.24, 2.45) is 0 Å². The lowest BCUT2D eigenvalue weighted by Crippen LogP contribution is -2.36. The summed E-state index contributed by atoms with van der Waals surface area (Å²) in [5.74, 6) is 1.54. The van der Waals surface area contributed by atoms with Gasteiger partial charge in [-0.3, -0.25) is 4.79 Å². The number of hydrogen-bond donors (Lipinski definition) is 0. The summed E-state index contributed by atoms with van der Waals surface area (Å²) < 4.78 is 11.8. The number of carbonyl (C=O) groups excluding carboxylic acids is 1. The molecule has 0 unspecified atom stereocenters. The zero-order valence-electron chi connectivity index (χ0n) is 15.6. The molecule has 0 saturated heterocycles. The molecule has 24 heavy (non-hydrogen) atoms. The summed E-state index contributed by atoms with van der Waals surface area (Å²) in [6, 6.07) is 5.92. The van der Waals surface area contributed by atoms with Crippen molar-refractivity contribution in [3.8, 4) is 11.5 Å². The zero-order chi connectivity index (χ0) is 17.6. The number of para-hydroxylation sites is 1. The van der Waals surface area contributed by atoms with E-state index in [0.29, 0.717) is 5.75 Å². The molecule has 1 aliphatic rings. The Kier molecular flexibility index (Phi) is 6.52.